The van der Waals surface area contributed by atoms with Gasteiger partial charge in [-0.1, -0.05) is 0 Å². The molecule has 1 saturated heterocycles. The molecule has 0 bridgehead atoms. The highest BCUT2D eigenvalue weighted by molar-refractivity contribution is 7.85. The van der Waals surface area contributed by atoms with Gasteiger partial charge >= 0.3 is 0 Å². The van der Waals surface area contributed by atoms with Crippen LogP contribution in [0.3, 0.4) is 0 Å². The Morgan fingerprint density at radius 1 is 1.00 bits per heavy atom. The third-order valence-corrected chi connectivity index (χ3v) is 2.33. The van der Waals surface area contributed by atoms with Gasteiger partial charge in [0.25, 0.3) is 0 Å². The SMILES string of the molecule is S[C@H]1NCCN[C@@H]1S. The van der Waals surface area contributed by atoms with Crippen molar-refractivity contribution in [3.8, 4) is 0 Å². The molecule has 0 aliphatic carbocycles. The highest BCUT2D eigenvalue weighted by Crippen LogP contribution is 2.04. The van der Waals surface area contributed by atoms with Crippen LogP contribution in [0.2, 0.25) is 0 Å². The van der Waals surface area contributed by atoms with Crippen molar-refractivity contribution in [2.75, 3.05) is 13.1 Å². The molecule has 8 heavy (non-hydrogen) atoms. The second-order valence-electron chi connectivity index (χ2n) is 1.80. The van der Waals surface area contributed by atoms with E-state index in [1.807, 2.05) is 0 Å². The second kappa shape index (κ2) is 2.96. The van der Waals surface area contributed by atoms with Crippen LogP contribution in [0.15, 0.2) is 0 Å². The molecule has 0 saturated carbocycles. The van der Waals surface area contributed by atoms with Gasteiger partial charge in [-0.25, -0.2) is 0 Å². The van der Waals surface area contributed by atoms with Gasteiger partial charge in [0.15, 0.2) is 0 Å². The van der Waals surface area contributed by atoms with Crippen LogP contribution in [-0.4, -0.2) is 23.8 Å². The van der Waals surface area contributed by atoms with Crippen molar-refractivity contribution in [2.45, 2.75) is 10.7 Å². The first-order chi connectivity index (χ1) is 3.80. The average molecular weight is 150 g/mol. The number of hydrogen-bond donors (Lipinski definition) is 4. The fourth-order valence-corrected chi connectivity index (χ4v) is 1.13. The molecular weight excluding hydrogens is 140 g/mol. The van der Waals surface area contributed by atoms with Crippen molar-refractivity contribution in [1.82, 2.24) is 10.6 Å². The minimum atomic E-state index is 0.201. The summed E-state index contributed by atoms with van der Waals surface area (Å²) in [6.07, 6.45) is 0. The number of hydrogen-bond acceptors (Lipinski definition) is 4. The summed E-state index contributed by atoms with van der Waals surface area (Å²) in [5.41, 5.74) is 0. The molecule has 1 rings (SSSR count). The monoisotopic (exact) mass is 150 g/mol. The smallest absolute Gasteiger partial charge is 0.0751 e. The molecule has 2 nitrogen and oxygen atoms in total. The van der Waals surface area contributed by atoms with Crippen LogP contribution in [0.25, 0.3) is 0 Å². The summed E-state index contributed by atoms with van der Waals surface area (Å²) in [6, 6.07) is 0. The van der Waals surface area contributed by atoms with Crippen molar-refractivity contribution in [3.05, 3.63) is 0 Å². The normalized spacial score (nSPS) is 39.8. The van der Waals surface area contributed by atoms with Crippen LogP contribution in [-0.2, 0) is 0 Å². The molecule has 1 fully saturated rings. The van der Waals surface area contributed by atoms with Gasteiger partial charge in [-0.3, -0.25) is 0 Å². The molecule has 0 aromatic rings. The second-order valence-corrected chi connectivity index (χ2v) is 2.91. The van der Waals surface area contributed by atoms with E-state index in [-0.39, 0.29) is 10.7 Å². The molecule has 1 aliphatic heterocycles. The van der Waals surface area contributed by atoms with Gasteiger partial charge in [-0.05, 0) is 0 Å². The Bertz CT molecular complexity index is 68.4. The highest BCUT2D eigenvalue weighted by Gasteiger charge is 2.15. The summed E-state index contributed by atoms with van der Waals surface area (Å²) < 4.78 is 0. The molecule has 0 unspecified atom stereocenters. The minimum Gasteiger partial charge on any atom is -0.302 e. The average Bonchev–Trinajstić information content (AvgIpc) is 1.77. The van der Waals surface area contributed by atoms with Gasteiger partial charge in [-0.2, -0.15) is 25.3 Å². The van der Waals surface area contributed by atoms with Crippen molar-refractivity contribution >= 4 is 25.3 Å². The third-order valence-electron chi connectivity index (χ3n) is 1.13. The quantitative estimate of drug-likeness (QED) is 0.356. The van der Waals surface area contributed by atoms with Crippen molar-refractivity contribution in [2.24, 2.45) is 0 Å². The largest absolute Gasteiger partial charge is 0.302 e. The summed E-state index contributed by atoms with van der Waals surface area (Å²) in [5.74, 6) is 0. The number of nitrogens with one attached hydrogen (secondary N) is 2. The number of rotatable bonds is 0. The van der Waals surface area contributed by atoms with E-state index in [2.05, 4.69) is 35.9 Å². The zero-order valence-electron chi connectivity index (χ0n) is 4.46. The first-order valence-electron chi connectivity index (χ1n) is 2.63. The number of thiol groups is 2. The Kier molecular flexibility index (Phi) is 2.49. The molecule has 0 radical (unpaired) electrons. The van der Waals surface area contributed by atoms with Crippen LogP contribution in [0, 0.1) is 0 Å². The van der Waals surface area contributed by atoms with Crippen LogP contribution < -0.4 is 10.6 Å². The molecule has 0 spiro atoms. The zero-order valence-corrected chi connectivity index (χ0v) is 6.25. The lowest BCUT2D eigenvalue weighted by Crippen LogP contribution is -2.50. The Hall–Kier alpha value is 0.620. The standard InChI is InChI=1S/C4H10N2S2/c7-3-4(8)6-2-1-5-3/h3-8H,1-2H2/t3-,4-/m1/s1. The van der Waals surface area contributed by atoms with E-state index in [1.54, 1.807) is 0 Å². The lowest BCUT2D eigenvalue weighted by molar-refractivity contribution is 0.484. The molecule has 2 atom stereocenters. The van der Waals surface area contributed by atoms with E-state index in [0.29, 0.717) is 0 Å². The fraction of sp³-hybridized carbons (Fsp3) is 1.00. The lowest BCUT2D eigenvalue weighted by atomic mass is 10.4. The van der Waals surface area contributed by atoms with Crippen molar-refractivity contribution < 1.29 is 0 Å². The highest BCUT2D eigenvalue weighted by atomic mass is 32.1. The van der Waals surface area contributed by atoms with E-state index in [9.17, 15) is 0 Å². The maximum atomic E-state index is 4.21. The molecule has 0 aromatic carbocycles. The first kappa shape index (κ1) is 6.74. The van der Waals surface area contributed by atoms with Crippen molar-refractivity contribution in [1.29, 1.82) is 0 Å². The van der Waals surface area contributed by atoms with E-state index in [0.717, 1.165) is 13.1 Å². The molecule has 0 aromatic heterocycles. The summed E-state index contributed by atoms with van der Waals surface area (Å²) in [5, 5.41) is 6.72. The molecular formula is C4H10N2S2. The summed E-state index contributed by atoms with van der Waals surface area (Å²) in [6.45, 7) is 1.98. The van der Waals surface area contributed by atoms with E-state index >= 15 is 0 Å². The Balaban J connectivity index is 2.28. The van der Waals surface area contributed by atoms with E-state index < -0.39 is 0 Å². The van der Waals surface area contributed by atoms with Crippen LogP contribution >= 0.6 is 25.3 Å². The molecule has 48 valence electrons. The van der Waals surface area contributed by atoms with Crippen molar-refractivity contribution in [3.63, 3.8) is 0 Å². The zero-order chi connectivity index (χ0) is 5.98. The lowest BCUT2D eigenvalue weighted by Gasteiger charge is -2.26. The predicted octanol–water partition coefficient (Wildman–Crippen LogP) is -0.309. The third kappa shape index (κ3) is 1.55. The Labute approximate surface area is 60.2 Å². The van der Waals surface area contributed by atoms with E-state index in [4.69, 9.17) is 0 Å². The first-order valence-corrected chi connectivity index (χ1v) is 3.67. The minimum absolute atomic E-state index is 0.201. The molecule has 1 heterocycles. The van der Waals surface area contributed by atoms with Crippen LogP contribution in [0.1, 0.15) is 0 Å². The number of piperazine rings is 1. The van der Waals surface area contributed by atoms with Gasteiger partial charge in [0.1, 0.15) is 0 Å². The topological polar surface area (TPSA) is 24.1 Å². The maximum Gasteiger partial charge on any atom is 0.0751 e. The van der Waals surface area contributed by atoms with Gasteiger partial charge in [0.05, 0.1) is 10.7 Å². The predicted molar refractivity (Wildman–Crippen MR) is 41.6 cm³/mol. The maximum absolute atomic E-state index is 4.21. The molecule has 2 N–H and O–H groups in total. The molecule has 4 heteroatoms. The molecule has 1 aliphatic rings. The van der Waals surface area contributed by atoms with Crippen LogP contribution in [0.5, 0.6) is 0 Å². The Morgan fingerprint density at radius 3 is 1.62 bits per heavy atom. The summed E-state index contributed by atoms with van der Waals surface area (Å²) >= 11 is 8.41. The van der Waals surface area contributed by atoms with Gasteiger partial charge < -0.3 is 10.6 Å². The fourth-order valence-electron chi connectivity index (χ4n) is 0.663. The molecule has 0 amide bonds. The van der Waals surface area contributed by atoms with Gasteiger partial charge in [0, 0.05) is 13.1 Å². The van der Waals surface area contributed by atoms with Crippen LogP contribution in [0.4, 0.5) is 0 Å². The summed E-state index contributed by atoms with van der Waals surface area (Å²) in [4.78, 5) is 0. The summed E-state index contributed by atoms with van der Waals surface area (Å²) in [7, 11) is 0. The van der Waals surface area contributed by atoms with E-state index in [1.165, 1.54) is 0 Å². The Morgan fingerprint density at radius 2 is 1.38 bits per heavy atom. The van der Waals surface area contributed by atoms with Gasteiger partial charge in [0.2, 0.25) is 0 Å². The van der Waals surface area contributed by atoms with Gasteiger partial charge in [-0.15, -0.1) is 0 Å².